The van der Waals surface area contributed by atoms with Gasteiger partial charge in [0, 0.05) is 17.0 Å². The highest BCUT2D eigenvalue weighted by molar-refractivity contribution is 7.98. The molecule has 3 aromatic carbocycles. The van der Waals surface area contributed by atoms with E-state index in [4.69, 9.17) is 0 Å². The summed E-state index contributed by atoms with van der Waals surface area (Å²) in [7, 11) is 0. The summed E-state index contributed by atoms with van der Waals surface area (Å²) in [5.41, 5.74) is 6.66. The zero-order valence-electron chi connectivity index (χ0n) is 15.8. The lowest BCUT2D eigenvalue weighted by Crippen LogP contribution is -2.15. The fourth-order valence-electron chi connectivity index (χ4n) is 3.07. The van der Waals surface area contributed by atoms with Crippen LogP contribution in [0.4, 0.5) is 5.69 Å². The van der Waals surface area contributed by atoms with Gasteiger partial charge in [0.1, 0.15) is 0 Å². The molecular formula is C23H21N3OS. The maximum absolute atomic E-state index is 12.9. The molecule has 4 rings (SSSR count). The van der Waals surface area contributed by atoms with Crippen molar-refractivity contribution in [3.8, 4) is 0 Å². The highest BCUT2D eigenvalue weighted by atomic mass is 32.2. The largest absolute Gasteiger partial charge is 0.333 e. The molecule has 0 bridgehead atoms. The van der Waals surface area contributed by atoms with Crippen LogP contribution in [0.5, 0.6) is 0 Å². The van der Waals surface area contributed by atoms with Gasteiger partial charge in [0.15, 0.2) is 5.16 Å². The molecule has 5 heteroatoms. The molecule has 2 N–H and O–H groups in total. The van der Waals surface area contributed by atoms with Gasteiger partial charge in [0.2, 0.25) is 0 Å². The molecule has 28 heavy (non-hydrogen) atoms. The number of amides is 1. The lowest BCUT2D eigenvalue weighted by molar-refractivity contribution is 0.102. The molecule has 0 aliphatic carbocycles. The van der Waals surface area contributed by atoms with Gasteiger partial charge >= 0.3 is 0 Å². The number of nitrogens with zero attached hydrogens (tertiary/aromatic N) is 1. The monoisotopic (exact) mass is 387 g/mol. The Balaban J connectivity index is 1.52. The number of imidazole rings is 1. The van der Waals surface area contributed by atoms with Gasteiger partial charge in [-0.1, -0.05) is 54.2 Å². The molecule has 0 atom stereocenters. The number of para-hydroxylation sites is 2. The number of carbonyl (C=O) groups is 1. The topological polar surface area (TPSA) is 57.8 Å². The molecule has 1 heterocycles. The number of aryl methyl sites for hydroxylation is 2. The van der Waals surface area contributed by atoms with Crippen LogP contribution < -0.4 is 5.32 Å². The van der Waals surface area contributed by atoms with Crippen molar-refractivity contribution in [1.82, 2.24) is 9.97 Å². The molecule has 4 aromatic rings. The Morgan fingerprint density at radius 3 is 2.68 bits per heavy atom. The molecule has 0 fully saturated rings. The number of anilines is 1. The van der Waals surface area contributed by atoms with Crippen molar-refractivity contribution in [2.24, 2.45) is 0 Å². The maximum Gasteiger partial charge on any atom is 0.255 e. The van der Waals surface area contributed by atoms with Gasteiger partial charge in [-0.25, -0.2) is 4.98 Å². The summed E-state index contributed by atoms with van der Waals surface area (Å²) in [6, 6.07) is 21.8. The molecule has 0 aliphatic rings. The van der Waals surface area contributed by atoms with E-state index >= 15 is 0 Å². The summed E-state index contributed by atoms with van der Waals surface area (Å²) in [4.78, 5) is 20.8. The molecule has 0 saturated carbocycles. The first-order chi connectivity index (χ1) is 13.6. The average Bonchev–Trinajstić information content (AvgIpc) is 3.12. The first-order valence-electron chi connectivity index (χ1n) is 9.14. The van der Waals surface area contributed by atoms with Crippen molar-refractivity contribution >= 4 is 34.4 Å². The van der Waals surface area contributed by atoms with E-state index in [1.807, 2.05) is 80.6 Å². The molecule has 0 saturated heterocycles. The summed E-state index contributed by atoms with van der Waals surface area (Å²) in [5.74, 6) is 0.574. The Labute approximate surface area is 168 Å². The van der Waals surface area contributed by atoms with Crippen molar-refractivity contribution in [1.29, 1.82) is 0 Å². The number of fused-ring (bicyclic) bond motifs is 1. The fraction of sp³-hybridized carbons (Fsp3) is 0.130. The summed E-state index contributed by atoms with van der Waals surface area (Å²) in [6.45, 7) is 4.02. The van der Waals surface area contributed by atoms with Crippen LogP contribution in [0.15, 0.2) is 71.9 Å². The minimum Gasteiger partial charge on any atom is -0.333 e. The van der Waals surface area contributed by atoms with E-state index in [9.17, 15) is 4.79 Å². The number of carbonyl (C=O) groups excluding carboxylic acids is 1. The highest BCUT2D eigenvalue weighted by Gasteiger charge is 2.13. The van der Waals surface area contributed by atoms with Gasteiger partial charge in [-0.15, -0.1) is 0 Å². The van der Waals surface area contributed by atoms with Crippen LogP contribution in [-0.4, -0.2) is 15.9 Å². The number of aromatic amines is 1. The fourth-order valence-corrected chi connectivity index (χ4v) is 3.96. The van der Waals surface area contributed by atoms with Gasteiger partial charge in [-0.2, -0.15) is 0 Å². The Kier molecular flexibility index (Phi) is 5.17. The summed E-state index contributed by atoms with van der Waals surface area (Å²) >= 11 is 1.60. The zero-order chi connectivity index (χ0) is 19.5. The highest BCUT2D eigenvalue weighted by Crippen LogP contribution is 2.25. The number of nitrogens with one attached hydrogen (secondary N) is 2. The molecule has 140 valence electrons. The van der Waals surface area contributed by atoms with Crippen molar-refractivity contribution in [2.45, 2.75) is 24.8 Å². The Bertz CT molecular complexity index is 1120. The number of thioether (sulfide) groups is 1. The van der Waals surface area contributed by atoms with Gasteiger partial charge in [0.25, 0.3) is 5.91 Å². The van der Waals surface area contributed by atoms with Crippen molar-refractivity contribution in [2.75, 3.05) is 5.32 Å². The Morgan fingerprint density at radius 1 is 1.04 bits per heavy atom. The van der Waals surface area contributed by atoms with E-state index in [-0.39, 0.29) is 5.91 Å². The van der Waals surface area contributed by atoms with E-state index in [1.165, 1.54) is 0 Å². The third-order valence-corrected chi connectivity index (χ3v) is 5.56. The first kappa shape index (κ1) is 18.3. The minimum atomic E-state index is -0.0884. The minimum absolute atomic E-state index is 0.0884. The standard InChI is InChI=1S/C23H21N3OS/c1-15-11-12-16(2)21(13-15)24-22(27)18-8-4-3-7-17(18)14-28-23-25-19-9-5-6-10-20(19)26-23/h3-13H,14H2,1-2H3,(H,24,27)(H,25,26). The third-order valence-electron chi connectivity index (χ3n) is 4.64. The van der Waals surface area contributed by atoms with Gasteiger partial charge < -0.3 is 10.3 Å². The smallest absolute Gasteiger partial charge is 0.255 e. The number of hydrogen-bond donors (Lipinski definition) is 2. The molecule has 1 amide bonds. The van der Waals surface area contributed by atoms with Crippen LogP contribution in [-0.2, 0) is 5.75 Å². The molecule has 1 aromatic heterocycles. The van der Waals surface area contributed by atoms with Gasteiger partial charge in [-0.05, 0) is 54.8 Å². The van der Waals surface area contributed by atoms with E-state index < -0.39 is 0 Å². The molecule has 4 nitrogen and oxygen atoms in total. The van der Waals surface area contributed by atoms with Crippen molar-refractivity contribution in [3.05, 3.63) is 89.0 Å². The van der Waals surface area contributed by atoms with Crippen LogP contribution in [0.3, 0.4) is 0 Å². The molecule has 0 unspecified atom stereocenters. The molecule has 0 spiro atoms. The van der Waals surface area contributed by atoms with Gasteiger partial charge in [0.05, 0.1) is 11.0 Å². The van der Waals surface area contributed by atoms with Crippen LogP contribution in [0.1, 0.15) is 27.0 Å². The van der Waals surface area contributed by atoms with Crippen LogP contribution >= 0.6 is 11.8 Å². The number of benzene rings is 3. The van der Waals surface area contributed by atoms with Crippen LogP contribution in [0.25, 0.3) is 11.0 Å². The van der Waals surface area contributed by atoms with Crippen LogP contribution in [0.2, 0.25) is 0 Å². The normalized spacial score (nSPS) is 10.9. The quantitative estimate of drug-likeness (QED) is 0.430. The van der Waals surface area contributed by atoms with Gasteiger partial charge in [-0.3, -0.25) is 4.79 Å². The van der Waals surface area contributed by atoms with E-state index in [2.05, 4.69) is 15.3 Å². The second-order valence-electron chi connectivity index (χ2n) is 6.78. The third kappa shape index (κ3) is 3.94. The second-order valence-corrected chi connectivity index (χ2v) is 7.74. The number of rotatable bonds is 5. The summed E-state index contributed by atoms with van der Waals surface area (Å²) < 4.78 is 0. The predicted molar refractivity (Wildman–Crippen MR) is 116 cm³/mol. The Morgan fingerprint density at radius 2 is 1.82 bits per heavy atom. The Hall–Kier alpha value is -3.05. The molecule has 0 aliphatic heterocycles. The average molecular weight is 388 g/mol. The van der Waals surface area contributed by atoms with Crippen molar-refractivity contribution in [3.63, 3.8) is 0 Å². The van der Waals surface area contributed by atoms with E-state index in [0.717, 1.165) is 38.6 Å². The van der Waals surface area contributed by atoms with E-state index in [0.29, 0.717) is 11.3 Å². The zero-order valence-corrected chi connectivity index (χ0v) is 16.6. The predicted octanol–water partition coefficient (Wildman–Crippen LogP) is 5.72. The summed E-state index contributed by atoms with van der Waals surface area (Å²) in [6.07, 6.45) is 0. The SMILES string of the molecule is Cc1ccc(C)c(NC(=O)c2ccccc2CSc2nc3ccccc3[nH]2)c1. The number of aromatic nitrogens is 2. The lowest BCUT2D eigenvalue weighted by Gasteiger charge is -2.12. The summed E-state index contributed by atoms with van der Waals surface area (Å²) in [5, 5.41) is 3.91. The molecule has 0 radical (unpaired) electrons. The first-order valence-corrected chi connectivity index (χ1v) is 10.1. The number of H-pyrrole nitrogens is 1. The maximum atomic E-state index is 12.9. The lowest BCUT2D eigenvalue weighted by atomic mass is 10.1. The molecular weight excluding hydrogens is 366 g/mol. The van der Waals surface area contributed by atoms with Crippen LogP contribution in [0, 0.1) is 13.8 Å². The number of hydrogen-bond acceptors (Lipinski definition) is 3. The second kappa shape index (κ2) is 7.90. The van der Waals surface area contributed by atoms with Crippen molar-refractivity contribution < 1.29 is 4.79 Å². The van der Waals surface area contributed by atoms with E-state index in [1.54, 1.807) is 11.8 Å².